The van der Waals surface area contributed by atoms with Gasteiger partial charge in [-0.05, 0) is 30.9 Å². The number of fused-ring (bicyclic) bond motifs is 1. The van der Waals surface area contributed by atoms with Gasteiger partial charge in [-0.15, -0.1) is 0 Å². The van der Waals surface area contributed by atoms with E-state index in [1.807, 2.05) is 17.0 Å². The molecule has 102 valence electrons. The number of carbonyl (C=O) groups is 1. The number of hydrogen-bond acceptors (Lipinski definition) is 3. The van der Waals surface area contributed by atoms with Crippen LogP contribution >= 0.6 is 0 Å². The van der Waals surface area contributed by atoms with Crippen LogP contribution in [0.25, 0.3) is 0 Å². The van der Waals surface area contributed by atoms with Crippen LogP contribution < -0.4 is 5.32 Å². The molecule has 1 saturated heterocycles. The number of aliphatic hydroxyl groups is 1. The standard InChI is InChI=1S/C15H20N2O2/c18-13-5-7-17(8-6-13)15(19)12-9-11-3-1-2-4-14(11)16-10-12/h1-4,12-13,16,18H,5-10H2. The summed E-state index contributed by atoms with van der Waals surface area (Å²) in [6, 6.07) is 8.18. The summed E-state index contributed by atoms with van der Waals surface area (Å²) in [5.74, 6) is 0.263. The minimum atomic E-state index is -0.228. The van der Waals surface area contributed by atoms with Crippen molar-refractivity contribution in [3.8, 4) is 0 Å². The van der Waals surface area contributed by atoms with Gasteiger partial charge in [0.15, 0.2) is 0 Å². The van der Waals surface area contributed by atoms with Crippen LogP contribution in [0.2, 0.25) is 0 Å². The Labute approximate surface area is 113 Å². The van der Waals surface area contributed by atoms with E-state index in [2.05, 4.69) is 17.4 Å². The Balaban J connectivity index is 1.66. The van der Waals surface area contributed by atoms with Crippen LogP contribution in [-0.2, 0) is 11.2 Å². The Kier molecular flexibility index (Phi) is 3.42. The third kappa shape index (κ3) is 2.59. The van der Waals surface area contributed by atoms with Crippen LogP contribution in [0.1, 0.15) is 18.4 Å². The second-order valence-electron chi connectivity index (χ2n) is 5.50. The van der Waals surface area contributed by atoms with Gasteiger partial charge in [-0.3, -0.25) is 4.79 Å². The molecular weight excluding hydrogens is 240 g/mol. The summed E-state index contributed by atoms with van der Waals surface area (Å²) >= 11 is 0. The fourth-order valence-corrected chi connectivity index (χ4v) is 2.96. The van der Waals surface area contributed by atoms with Crippen molar-refractivity contribution in [1.29, 1.82) is 0 Å². The minimum absolute atomic E-state index is 0.0325. The predicted octanol–water partition coefficient (Wildman–Crippen LogP) is 1.25. The van der Waals surface area contributed by atoms with Crippen LogP contribution in [0.15, 0.2) is 24.3 Å². The average molecular weight is 260 g/mol. The Morgan fingerprint density at radius 2 is 2.00 bits per heavy atom. The van der Waals surface area contributed by atoms with Crippen LogP contribution in [-0.4, -0.2) is 41.7 Å². The summed E-state index contributed by atoms with van der Waals surface area (Å²) in [4.78, 5) is 14.4. The zero-order valence-electron chi connectivity index (χ0n) is 11.0. The van der Waals surface area contributed by atoms with Gasteiger partial charge in [-0.1, -0.05) is 18.2 Å². The van der Waals surface area contributed by atoms with E-state index < -0.39 is 0 Å². The van der Waals surface area contributed by atoms with Crippen molar-refractivity contribution in [1.82, 2.24) is 4.90 Å². The van der Waals surface area contributed by atoms with E-state index in [1.54, 1.807) is 0 Å². The molecule has 0 aliphatic carbocycles. The average Bonchev–Trinajstić information content (AvgIpc) is 2.47. The predicted molar refractivity (Wildman–Crippen MR) is 73.9 cm³/mol. The fraction of sp³-hybridized carbons (Fsp3) is 0.533. The molecule has 4 nitrogen and oxygen atoms in total. The van der Waals surface area contributed by atoms with Crippen molar-refractivity contribution in [2.24, 2.45) is 5.92 Å². The van der Waals surface area contributed by atoms with Crippen molar-refractivity contribution in [3.63, 3.8) is 0 Å². The number of nitrogens with zero attached hydrogens (tertiary/aromatic N) is 1. The largest absolute Gasteiger partial charge is 0.393 e. The number of rotatable bonds is 1. The van der Waals surface area contributed by atoms with Crippen LogP contribution in [0, 0.1) is 5.92 Å². The number of amides is 1. The van der Waals surface area contributed by atoms with Gasteiger partial charge in [0.1, 0.15) is 0 Å². The molecule has 4 heteroatoms. The highest BCUT2D eigenvalue weighted by atomic mass is 16.3. The maximum Gasteiger partial charge on any atom is 0.227 e. The van der Waals surface area contributed by atoms with Gasteiger partial charge in [0.05, 0.1) is 12.0 Å². The highest BCUT2D eigenvalue weighted by Gasteiger charge is 2.30. The molecule has 1 fully saturated rings. The molecule has 1 aromatic rings. The molecule has 0 saturated carbocycles. The lowest BCUT2D eigenvalue weighted by Crippen LogP contribution is -2.46. The number of benzene rings is 1. The Morgan fingerprint density at radius 3 is 2.79 bits per heavy atom. The summed E-state index contributed by atoms with van der Waals surface area (Å²) < 4.78 is 0. The number of nitrogens with one attached hydrogen (secondary N) is 1. The van der Waals surface area contributed by atoms with Gasteiger partial charge in [0, 0.05) is 25.3 Å². The molecule has 19 heavy (non-hydrogen) atoms. The molecular formula is C15H20N2O2. The van der Waals surface area contributed by atoms with E-state index in [-0.39, 0.29) is 17.9 Å². The van der Waals surface area contributed by atoms with Gasteiger partial charge >= 0.3 is 0 Å². The molecule has 0 radical (unpaired) electrons. The smallest absolute Gasteiger partial charge is 0.227 e. The highest BCUT2D eigenvalue weighted by Crippen LogP contribution is 2.26. The van der Waals surface area contributed by atoms with Crippen LogP contribution in [0.5, 0.6) is 0 Å². The van der Waals surface area contributed by atoms with Gasteiger partial charge in [0.25, 0.3) is 0 Å². The lowest BCUT2D eigenvalue weighted by molar-refractivity contribution is -0.137. The van der Waals surface area contributed by atoms with E-state index in [4.69, 9.17) is 0 Å². The van der Waals surface area contributed by atoms with E-state index in [0.717, 1.165) is 18.7 Å². The number of para-hydroxylation sites is 1. The zero-order chi connectivity index (χ0) is 13.2. The van der Waals surface area contributed by atoms with E-state index in [1.165, 1.54) is 5.56 Å². The second kappa shape index (κ2) is 5.21. The maximum atomic E-state index is 12.5. The molecule has 2 N–H and O–H groups in total. The first-order valence-electron chi connectivity index (χ1n) is 7.02. The molecule has 1 aromatic carbocycles. The van der Waals surface area contributed by atoms with Crippen molar-refractivity contribution in [2.45, 2.75) is 25.4 Å². The lowest BCUT2D eigenvalue weighted by atomic mass is 9.92. The van der Waals surface area contributed by atoms with Crippen LogP contribution in [0.3, 0.4) is 0 Å². The molecule has 2 heterocycles. The Bertz CT molecular complexity index is 467. The number of hydrogen-bond donors (Lipinski definition) is 2. The normalized spacial score (nSPS) is 23.6. The summed E-state index contributed by atoms with van der Waals surface area (Å²) in [5, 5.41) is 12.8. The fourth-order valence-electron chi connectivity index (χ4n) is 2.96. The second-order valence-corrected chi connectivity index (χ2v) is 5.50. The summed E-state index contributed by atoms with van der Waals surface area (Å²) in [7, 11) is 0. The maximum absolute atomic E-state index is 12.5. The number of carbonyl (C=O) groups excluding carboxylic acids is 1. The number of anilines is 1. The Hall–Kier alpha value is -1.55. The molecule has 2 aliphatic rings. The summed E-state index contributed by atoms with van der Waals surface area (Å²) in [6.45, 7) is 2.10. The Morgan fingerprint density at radius 1 is 1.26 bits per heavy atom. The van der Waals surface area contributed by atoms with Crippen LogP contribution in [0.4, 0.5) is 5.69 Å². The quantitative estimate of drug-likeness (QED) is 0.799. The third-order valence-corrected chi connectivity index (χ3v) is 4.15. The van der Waals surface area contributed by atoms with E-state index in [9.17, 15) is 9.90 Å². The third-order valence-electron chi connectivity index (χ3n) is 4.15. The number of likely N-dealkylation sites (tertiary alicyclic amines) is 1. The van der Waals surface area contributed by atoms with Gasteiger partial charge in [-0.2, -0.15) is 0 Å². The highest BCUT2D eigenvalue weighted by molar-refractivity contribution is 5.81. The first-order chi connectivity index (χ1) is 9.24. The molecule has 0 aromatic heterocycles. The monoisotopic (exact) mass is 260 g/mol. The molecule has 1 atom stereocenters. The first kappa shape index (κ1) is 12.5. The van der Waals surface area contributed by atoms with E-state index in [0.29, 0.717) is 25.9 Å². The van der Waals surface area contributed by atoms with Crippen molar-refractivity contribution < 1.29 is 9.90 Å². The van der Waals surface area contributed by atoms with Gasteiger partial charge < -0.3 is 15.3 Å². The van der Waals surface area contributed by atoms with Crippen molar-refractivity contribution >= 4 is 11.6 Å². The molecule has 2 aliphatic heterocycles. The molecule has 0 spiro atoms. The minimum Gasteiger partial charge on any atom is -0.393 e. The van der Waals surface area contributed by atoms with Gasteiger partial charge in [-0.25, -0.2) is 0 Å². The first-order valence-corrected chi connectivity index (χ1v) is 7.02. The van der Waals surface area contributed by atoms with E-state index >= 15 is 0 Å². The molecule has 1 unspecified atom stereocenters. The lowest BCUT2D eigenvalue weighted by Gasteiger charge is -2.34. The zero-order valence-corrected chi connectivity index (χ0v) is 11.0. The summed E-state index contributed by atoms with van der Waals surface area (Å²) in [6.07, 6.45) is 2.01. The topological polar surface area (TPSA) is 52.6 Å². The molecule has 1 amide bonds. The van der Waals surface area contributed by atoms with Crippen molar-refractivity contribution in [2.75, 3.05) is 25.0 Å². The van der Waals surface area contributed by atoms with Crippen molar-refractivity contribution in [3.05, 3.63) is 29.8 Å². The summed E-state index contributed by atoms with van der Waals surface area (Å²) in [5.41, 5.74) is 2.38. The molecule has 3 rings (SSSR count). The van der Waals surface area contributed by atoms with Gasteiger partial charge in [0.2, 0.25) is 5.91 Å². The number of piperidine rings is 1. The SMILES string of the molecule is O=C(C1CNc2ccccc2C1)N1CCC(O)CC1. The molecule has 0 bridgehead atoms. The number of aliphatic hydroxyl groups excluding tert-OH is 1.